The number of fused-ring (bicyclic) bond motifs is 1. The van der Waals surface area contributed by atoms with Gasteiger partial charge in [0.15, 0.2) is 23.1 Å². The van der Waals surface area contributed by atoms with Crippen molar-refractivity contribution in [2.24, 2.45) is 35.1 Å². The lowest BCUT2D eigenvalue weighted by molar-refractivity contribution is -0.156. The van der Waals surface area contributed by atoms with Crippen molar-refractivity contribution in [2.75, 3.05) is 51.3 Å². The number of cyclic esters (lactones) is 1. The monoisotopic (exact) mass is 1730 g/mol. The molecule has 1 aromatic heterocycles. The summed E-state index contributed by atoms with van der Waals surface area (Å²) >= 11 is 3.31. The average molecular weight is 1740 g/mol. The zero-order chi connectivity index (χ0) is 88.6. The van der Waals surface area contributed by atoms with E-state index < -0.39 is 256 Å². The molecule has 10 amide bonds. The molecule has 19 N–H and O–H groups in total. The Morgan fingerprint density at radius 2 is 1.34 bits per heavy atom. The lowest BCUT2D eigenvalue weighted by Crippen LogP contribution is -2.57. The van der Waals surface area contributed by atoms with Gasteiger partial charge in [-0.25, -0.2) is 4.79 Å². The number of benzene rings is 2. The van der Waals surface area contributed by atoms with E-state index in [1.54, 1.807) is 25.3 Å². The minimum atomic E-state index is -2.35. The number of nitrogens with one attached hydrogen (secondary N) is 12. The Morgan fingerprint density at radius 1 is 0.697 bits per heavy atom. The molecule has 0 unspecified atom stereocenters. The molecule has 1 saturated heterocycles. The number of hydrogen-bond acceptors (Lipinski definition) is 26. The van der Waals surface area contributed by atoms with E-state index >= 15 is 4.79 Å². The first kappa shape index (κ1) is 99.8. The van der Waals surface area contributed by atoms with E-state index in [2.05, 4.69) is 92.9 Å². The van der Waals surface area contributed by atoms with Crippen molar-refractivity contribution in [1.82, 2.24) is 58.2 Å². The van der Waals surface area contributed by atoms with Crippen LogP contribution in [0.5, 0.6) is 0 Å². The molecule has 1 fully saturated rings. The molecule has 3 aromatic rings. The molecular weight excluding hydrogens is 1620 g/mol. The van der Waals surface area contributed by atoms with Crippen LogP contribution in [0, 0.1) is 30.6 Å². The molecule has 0 radical (unpaired) electrons. The topological polar surface area (TPSA) is 613 Å². The highest BCUT2D eigenvalue weighted by molar-refractivity contribution is 9.10. The zero-order valence-corrected chi connectivity index (χ0v) is 69.0. The first-order chi connectivity index (χ1) is 56.5. The summed E-state index contributed by atoms with van der Waals surface area (Å²) in [5.41, 5.74) is 13.4. The van der Waals surface area contributed by atoms with Crippen molar-refractivity contribution in [1.29, 1.82) is 0 Å². The van der Waals surface area contributed by atoms with Crippen LogP contribution in [-0.2, 0) is 107 Å². The number of carboxylic acids is 2. The number of carbonyl (C=O) groups is 19. The molecule has 40 heteroatoms. The molecule has 4 rings (SSSR count). The van der Waals surface area contributed by atoms with Crippen LogP contribution in [0.15, 0.2) is 59.3 Å². The predicted octanol–water partition coefficient (Wildman–Crippen LogP) is -0.0458. The number of aryl methyl sites for hydroxylation is 1. The average Bonchev–Trinajstić information content (AvgIpc) is 1.64. The molecule has 39 nitrogen and oxygen atoms in total. The largest absolute Gasteiger partial charge is 0.481 e. The summed E-state index contributed by atoms with van der Waals surface area (Å²) in [4.78, 5) is 265. The number of aliphatic hydroxyl groups is 1. The number of halogens is 1. The highest BCUT2D eigenvalue weighted by Crippen LogP contribution is 2.27. The summed E-state index contributed by atoms with van der Waals surface area (Å²) in [7, 11) is 0. The third-order valence-corrected chi connectivity index (χ3v) is 20.0. The maximum atomic E-state index is 15.1. The first-order valence-electron chi connectivity index (χ1n) is 39.1. The van der Waals surface area contributed by atoms with Gasteiger partial charge in [-0.1, -0.05) is 86.5 Å². The number of aliphatic hydroxyl groups excluding tert-OH is 1. The van der Waals surface area contributed by atoms with Gasteiger partial charge in [0.2, 0.25) is 59.1 Å². The number of hydrogen-bond donors (Lipinski definition) is 17. The Bertz CT molecular complexity index is 4120. The fourth-order valence-corrected chi connectivity index (χ4v) is 13.3. The van der Waals surface area contributed by atoms with E-state index in [0.29, 0.717) is 33.8 Å². The van der Waals surface area contributed by atoms with E-state index in [1.165, 1.54) is 26.0 Å². The maximum Gasteiger partial charge on any atom is 0.329 e. The van der Waals surface area contributed by atoms with E-state index in [0.717, 1.165) is 44.6 Å². The molecule has 1 aliphatic heterocycles. The first-order valence-corrected chi connectivity index (χ1v) is 39.9. The Morgan fingerprint density at radius 3 is 1.97 bits per heavy atom. The van der Waals surface area contributed by atoms with Crippen molar-refractivity contribution in [2.45, 2.75) is 212 Å². The molecule has 2 heterocycles. The number of unbranched alkanes of at least 4 members (excludes halogenated alkanes) is 6. The summed E-state index contributed by atoms with van der Waals surface area (Å²) in [6, 6.07) is -4.36. The second-order valence-electron chi connectivity index (χ2n) is 29.1. The molecule has 119 heavy (non-hydrogen) atoms. The van der Waals surface area contributed by atoms with Crippen LogP contribution in [0.25, 0.3) is 10.9 Å². The van der Waals surface area contributed by atoms with Crippen LogP contribution < -0.4 is 70.0 Å². The van der Waals surface area contributed by atoms with E-state index in [-0.39, 0.29) is 68.7 Å². The molecule has 1 aliphatic rings. The second kappa shape index (κ2) is 51.6. The Hall–Kier alpha value is -11.5. The molecule has 2 aromatic carbocycles. The number of ketones is 4. The number of primary amides is 1. The maximum absolute atomic E-state index is 15.1. The number of ether oxygens (including phenoxy) is 3. The van der Waals surface area contributed by atoms with Crippen molar-refractivity contribution in [3.63, 3.8) is 0 Å². The second-order valence-corrected chi connectivity index (χ2v) is 30.0. The van der Waals surface area contributed by atoms with Gasteiger partial charge in [0, 0.05) is 95.9 Å². The van der Waals surface area contributed by atoms with Crippen molar-refractivity contribution in [3.05, 3.63) is 76.0 Å². The van der Waals surface area contributed by atoms with Crippen LogP contribution in [0.4, 0.5) is 5.69 Å². The number of aromatic nitrogens is 1. The third kappa shape index (κ3) is 34.5. The number of esters is 1. The van der Waals surface area contributed by atoms with Gasteiger partial charge in [-0.15, -0.1) is 0 Å². The standard InChI is InChI=1S/C79H111BrN14O25/c1-8-10-11-12-13-14-15-18-67(103)89-58(26-48-34-85-54-21-19-42(3)24-52(48)54)77(114)91-57(33-66(82)102)64(100)27-47(29-71(108)109)74(111)94-72-46(7)119-79(116)59(32-62(98)53-30-50(80)20-22-55(53)83-9-2)92-76(113)51(43(4)25-70(106)107)31-65(101)60(37-95)90-68(104)35-84-44(5)61(39-118-41-97)93-73(110)45(6)87-75(112)49(38-117-40-96)28-63(99)56(17-16-23-81)88-69(105)36-86-78(72)115/h19-22,24,30,34,40-41,43,45-47,49,51,56-61,72,83-85,95H,5,8-18,23,25-29,31-33,35-39,81H2,1-4,6-7H3,(H2,82,102)(H,86,115)(H,87,112)(H,88,105)(H,89,103)(H,90,104)(H,91,114)(H,92,113)(H,93,110)(H,94,111)(H,106,107)(H,108,109)/t43-,45-,46-,47+,49+,51+,56+,57-,58+,59+,60-,61+,72+/m1/s1. The van der Waals surface area contributed by atoms with E-state index in [4.69, 9.17) is 25.7 Å². The quantitative estimate of drug-likeness (QED) is 0.0117. The normalized spacial score (nSPS) is 21.0. The fourth-order valence-electron chi connectivity index (χ4n) is 12.9. The van der Waals surface area contributed by atoms with Gasteiger partial charge in [0.05, 0.1) is 56.5 Å². The number of rotatable bonds is 40. The van der Waals surface area contributed by atoms with E-state index in [9.17, 15) is 102 Å². The molecule has 0 aliphatic carbocycles. The highest BCUT2D eigenvalue weighted by atomic mass is 79.9. The van der Waals surface area contributed by atoms with Gasteiger partial charge in [-0.05, 0) is 95.3 Å². The lowest BCUT2D eigenvalue weighted by Gasteiger charge is -2.29. The summed E-state index contributed by atoms with van der Waals surface area (Å²) in [5, 5.41) is 58.7. The van der Waals surface area contributed by atoms with Gasteiger partial charge < -0.3 is 104 Å². The Balaban J connectivity index is 1.91. The third-order valence-electron chi connectivity index (χ3n) is 19.5. The van der Waals surface area contributed by atoms with Gasteiger partial charge in [0.1, 0.15) is 55.6 Å². The molecule has 0 saturated carbocycles. The summed E-state index contributed by atoms with van der Waals surface area (Å²) in [5.74, 6) is -27.1. The fraction of sp³-hybridized carbons (Fsp3) is 0.557. The summed E-state index contributed by atoms with van der Waals surface area (Å²) < 4.78 is 15.9. The Kier molecular flexibility index (Phi) is 43.3. The van der Waals surface area contributed by atoms with Crippen LogP contribution >= 0.6 is 15.9 Å². The van der Waals surface area contributed by atoms with Gasteiger partial charge in [0.25, 0.3) is 12.9 Å². The predicted molar refractivity (Wildman–Crippen MR) is 430 cm³/mol. The molecule has 0 spiro atoms. The van der Waals surface area contributed by atoms with Crippen LogP contribution in [-0.4, -0.2) is 234 Å². The Labute approximate surface area is 695 Å². The zero-order valence-electron chi connectivity index (χ0n) is 67.4. The molecule has 654 valence electrons. The number of carboxylic acid groups (broad SMARTS) is 2. The number of Topliss-reactive ketones (excluding diaryl/α,β-unsaturated/α-hetero) is 4. The molecule has 0 bridgehead atoms. The number of aromatic amines is 1. The number of amides is 10. The minimum Gasteiger partial charge on any atom is -0.481 e. The number of aliphatic carboxylic acids is 2. The highest BCUT2D eigenvalue weighted by Gasteiger charge is 2.41. The van der Waals surface area contributed by atoms with Crippen LogP contribution in [0.1, 0.15) is 165 Å². The van der Waals surface area contributed by atoms with Crippen molar-refractivity contribution >= 4 is 146 Å². The smallest absolute Gasteiger partial charge is 0.329 e. The van der Waals surface area contributed by atoms with Gasteiger partial charge in [-0.2, -0.15) is 0 Å². The summed E-state index contributed by atoms with van der Waals surface area (Å²) in [6.45, 7) is 8.36. The van der Waals surface area contributed by atoms with Gasteiger partial charge >= 0.3 is 17.9 Å². The SMILES string of the molecule is C=C1NCC(=O)N[C@H](CO)C(=O)C[C@@H]([C@H](C)CC(=O)O)C(=O)N[C@@H](CC(=O)c2cc(Br)ccc2NCC)C(=O)O[C@H](C)[C@H](NC(=O)[C@H](CC(=O)O)CC(=O)[C@@H](CC(N)=O)NC(=O)[C@H](Cc2c[nH]c3ccc(C)cc23)NC(=O)CCCCCCCCC)C(=O)NCC(=O)N[C@@H](CCCN)C(=O)C[C@@H](COC=O)C(=O)N[C@H](C)C(=O)N[C@H]1COC=O. The van der Waals surface area contributed by atoms with Crippen molar-refractivity contribution < 1.29 is 121 Å². The number of carbonyl (C=O) groups excluding carboxylic acids is 17. The van der Waals surface area contributed by atoms with E-state index in [1.807, 2.05) is 19.1 Å². The number of nitrogens with two attached hydrogens (primary N) is 2. The number of H-pyrrole nitrogens is 1. The summed E-state index contributed by atoms with van der Waals surface area (Å²) in [6.07, 6.45) is -1.86. The molecule has 13 atom stereocenters. The number of anilines is 1. The van der Waals surface area contributed by atoms with Gasteiger partial charge in [-0.3, -0.25) is 86.3 Å². The minimum absolute atomic E-state index is 0.00764. The van der Waals surface area contributed by atoms with Crippen LogP contribution in [0.3, 0.4) is 0 Å². The molecular formula is C79H111BrN14O25. The van der Waals surface area contributed by atoms with Crippen LogP contribution in [0.2, 0.25) is 0 Å². The lowest BCUT2D eigenvalue weighted by atomic mass is 9.84. The van der Waals surface area contributed by atoms with Crippen molar-refractivity contribution in [3.8, 4) is 0 Å².